The van der Waals surface area contributed by atoms with Crippen molar-refractivity contribution in [2.75, 3.05) is 19.6 Å². The average molecular weight is 349 g/mol. The van der Waals surface area contributed by atoms with E-state index in [-0.39, 0.29) is 0 Å². The largest absolute Gasteiger partial charge is 0.478 e. The number of aromatic carboxylic acids is 1. The Hall–Kier alpha value is -2.13. The molecule has 1 heterocycles. The van der Waals surface area contributed by atoms with Gasteiger partial charge in [0.1, 0.15) is 0 Å². The Morgan fingerprint density at radius 1 is 1.12 bits per heavy atom. The number of hydrogen-bond acceptors (Lipinski definition) is 2. The van der Waals surface area contributed by atoms with Crippen molar-refractivity contribution in [2.24, 2.45) is 5.92 Å². The molecular formula is C23H27NO2. The maximum Gasteiger partial charge on any atom is 0.335 e. The lowest BCUT2D eigenvalue weighted by Crippen LogP contribution is -2.38. The van der Waals surface area contributed by atoms with E-state index in [4.69, 9.17) is 0 Å². The van der Waals surface area contributed by atoms with Crippen LogP contribution in [0.1, 0.15) is 64.7 Å². The van der Waals surface area contributed by atoms with Gasteiger partial charge in [-0.25, -0.2) is 4.79 Å². The van der Waals surface area contributed by atoms with Crippen molar-refractivity contribution >= 4 is 5.97 Å². The van der Waals surface area contributed by atoms with Crippen LogP contribution >= 0.6 is 0 Å². The zero-order valence-corrected chi connectivity index (χ0v) is 15.6. The van der Waals surface area contributed by atoms with Crippen molar-refractivity contribution in [2.45, 2.75) is 38.5 Å². The normalized spacial score (nSPS) is 24.9. The number of carboxylic acids is 1. The summed E-state index contributed by atoms with van der Waals surface area (Å²) >= 11 is 0. The SMILES string of the molecule is CCc1ccc2c(c1)[C@H](c1ccc(C(=O)O)cc1)[C@@H]1CCN(CC)C[C@H]21. The van der Waals surface area contributed by atoms with E-state index in [1.165, 1.54) is 28.7 Å². The second-order valence-corrected chi connectivity index (χ2v) is 7.67. The Morgan fingerprint density at radius 2 is 1.88 bits per heavy atom. The number of hydrogen-bond donors (Lipinski definition) is 1. The third kappa shape index (κ3) is 2.84. The smallest absolute Gasteiger partial charge is 0.335 e. The maximum atomic E-state index is 11.2. The first-order chi connectivity index (χ1) is 12.6. The summed E-state index contributed by atoms with van der Waals surface area (Å²) in [5.41, 5.74) is 6.01. The number of aryl methyl sites for hydroxylation is 1. The zero-order chi connectivity index (χ0) is 18.3. The molecule has 1 fully saturated rings. The molecule has 0 unspecified atom stereocenters. The minimum atomic E-state index is -0.856. The van der Waals surface area contributed by atoms with E-state index in [1.807, 2.05) is 12.1 Å². The number of rotatable bonds is 4. The number of likely N-dealkylation sites (tertiary alicyclic amines) is 1. The standard InChI is InChI=1S/C23H27NO2/c1-3-15-5-10-18-20(13-15)22(16-6-8-17(9-7-16)23(25)26)19-11-12-24(4-2)14-21(18)19/h5-10,13,19,21-22H,3-4,11-12,14H2,1-2H3,(H,25,26)/t19-,21-,22-/m1/s1. The summed E-state index contributed by atoms with van der Waals surface area (Å²) in [5, 5.41) is 9.21. The highest BCUT2D eigenvalue weighted by molar-refractivity contribution is 5.87. The second-order valence-electron chi connectivity index (χ2n) is 7.67. The van der Waals surface area contributed by atoms with Crippen LogP contribution in [0.15, 0.2) is 42.5 Å². The molecule has 2 aliphatic rings. The van der Waals surface area contributed by atoms with Crippen LogP contribution in [0.3, 0.4) is 0 Å². The molecule has 0 radical (unpaired) electrons. The predicted molar refractivity (Wildman–Crippen MR) is 104 cm³/mol. The molecule has 0 aromatic heterocycles. The molecule has 3 heteroatoms. The van der Waals surface area contributed by atoms with Gasteiger partial charge in [0, 0.05) is 18.4 Å². The summed E-state index contributed by atoms with van der Waals surface area (Å²) in [5.74, 6) is 0.749. The van der Waals surface area contributed by atoms with Crippen molar-refractivity contribution in [1.29, 1.82) is 0 Å². The van der Waals surface area contributed by atoms with Gasteiger partial charge in [-0.1, -0.05) is 44.2 Å². The van der Waals surface area contributed by atoms with Gasteiger partial charge in [-0.15, -0.1) is 0 Å². The second kappa shape index (κ2) is 6.88. The molecular weight excluding hydrogens is 322 g/mol. The summed E-state index contributed by atoms with van der Waals surface area (Å²) in [7, 11) is 0. The van der Waals surface area contributed by atoms with Crippen molar-refractivity contribution < 1.29 is 9.90 Å². The van der Waals surface area contributed by atoms with E-state index in [2.05, 4.69) is 36.9 Å². The van der Waals surface area contributed by atoms with Crippen molar-refractivity contribution in [3.8, 4) is 0 Å². The summed E-state index contributed by atoms with van der Waals surface area (Å²) in [6.45, 7) is 7.88. The highest BCUT2D eigenvalue weighted by Crippen LogP contribution is 2.53. The monoisotopic (exact) mass is 349 g/mol. The predicted octanol–water partition coefficient (Wildman–Crippen LogP) is 4.52. The summed E-state index contributed by atoms with van der Waals surface area (Å²) in [4.78, 5) is 13.8. The minimum Gasteiger partial charge on any atom is -0.478 e. The quantitative estimate of drug-likeness (QED) is 0.882. The third-order valence-corrected chi connectivity index (χ3v) is 6.44. The van der Waals surface area contributed by atoms with E-state index in [0.717, 1.165) is 26.1 Å². The van der Waals surface area contributed by atoms with Gasteiger partial charge in [-0.3, -0.25) is 0 Å². The van der Waals surface area contributed by atoms with Crippen LogP contribution in [0.5, 0.6) is 0 Å². The fourth-order valence-electron chi connectivity index (χ4n) is 4.99. The molecule has 2 aromatic carbocycles. The topological polar surface area (TPSA) is 40.5 Å². The average Bonchev–Trinajstić information content (AvgIpc) is 3.00. The summed E-state index contributed by atoms with van der Waals surface area (Å²) in [6.07, 6.45) is 2.26. The van der Waals surface area contributed by atoms with Gasteiger partial charge in [0.25, 0.3) is 0 Å². The Labute approximate surface area is 155 Å². The summed E-state index contributed by atoms with van der Waals surface area (Å²) in [6, 6.07) is 14.6. The molecule has 4 rings (SSSR count). The molecule has 0 saturated carbocycles. The van der Waals surface area contributed by atoms with Crippen LogP contribution < -0.4 is 0 Å². The van der Waals surface area contributed by atoms with Crippen LogP contribution in [0.2, 0.25) is 0 Å². The zero-order valence-electron chi connectivity index (χ0n) is 15.6. The van der Waals surface area contributed by atoms with E-state index in [9.17, 15) is 9.90 Å². The molecule has 3 nitrogen and oxygen atoms in total. The van der Waals surface area contributed by atoms with Gasteiger partial charge in [0.15, 0.2) is 0 Å². The lowest BCUT2D eigenvalue weighted by Gasteiger charge is -2.37. The number of nitrogens with zero attached hydrogens (tertiary/aromatic N) is 1. The lowest BCUT2D eigenvalue weighted by atomic mass is 9.78. The molecule has 1 aliphatic heterocycles. The molecule has 0 amide bonds. The molecule has 136 valence electrons. The van der Waals surface area contributed by atoms with E-state index in [0.29, 0.717) is 23.3 Å². The van der Waals surface area contributed by atoms with Crippen molar-refractivity contribution in [3.05, 3.63) is 70.3 Å². The molecule has 3 atom stereocenters. The number of likely N-dealkylation sites (N-methyl/N-ethyl adjacent to an activating group) is 1. The first-order valence-electron chi connectivity index (χ1n) is 9.80. The number of benzene rings is 2. The van der Waals surface area contributed by atoms with Crippen molar-refractivity contribution in [1.82, 2.24) is 4.90 Å². The molecule has 0 spiro atoms. The number of fused-ring (bicyclic) bond motifs is 3. The van der Waals surface area contributed by atoms with Gasteiger partial charge in [0.2, 0.25) is 0 Å². The molecule has 26 heavy (non-hydrogen) atoms. The van der Waals surface area contributed by atoms with E-state index >= 15 is 0 Å². The Morgan fingerprint density at radius 3 is 2.54 bits per heavy atom. The van der Waals surface area contributed by atoms with Crippen LogP contribution in [0.25, 0.3) is 0 Å². The fraction of sp³-hybridized carbons (Fsp3) is 0.435. The molecule has 1 aliphatic carbocycles. The van der Waals surface area contributed by atoms with E-state index in [1.54, 1.807) is 12.1 Å². The summed E-state index contributed by atoms with van der Waals surface area (Å²) < 4.78 is 0. The number of carboxylic acid groups (broad SMARTS) is 1. The number of carbonyl (C=O) groups is 1. The highest BCUT2D eigenvalue weighted by atomic mass is 16.4. The van der Waals surface area contributed by atoms with Gasteiger partial charge in [-0.05, 0) is 66.2 Å². The Kier molecular flexibility index (Phi) is 4.58. The lowest BCUT2D eigenvalue weighted by molar-refractivity contribution is 0.0697. The van der Waals surface area contributed by atoms with Gasteiger partial charge in [0.05, 0.1) is 5.56 Å². The highest BCUT2D eigenvalue weighted by Gasteiger charge is 2.43. The first kappa shape index (κ1) is 17.3. The number of piperidine rings is 1. The maximum absolute atomic E-state index is 11.2. The first-order valence-corrected chi connectivity index (χ1v) is 9.80. The van der Waals surface area contributed by atoms with Crippen molar-refractivity contribution in [3.63, 3.8) is 0 Å². The van der Waals surface area contributed by atoms with Crippen LogP contribution in [0.4, 0.5) is 0 Å². The Balaban J connectivity index is 1.77. The van der Waals surface area contributed by atoms with Gasteiger partial charge in [-0.2, -0.15) is 0 Å². The molecule has 0 bridgehead atoms. The van der Waals surface area contributed by atoms with Crippen LogP contribution in [0, 0.1) is 5.92 Å². The minimum absolute atomic E-state index is 0.367. The third-order valence-electron chi connectivity index (χ3n) is 6.44. The van der Waals surface area contributed by atoms with Crippen LogP contribution in [-0.2, 0) is 6.42 Å². The molecule has 2 aromatic rings. The van der Waals surface area contributed by atoms with Crippen LogP contribution in [-0.4, -0.2) is 35.6 Å². The fourth-order valence-corrected chi connectivity index (χ4v) is 4.99. The van der Waals surface area contributed by atoms with Gasteiger partial charge < -0.3 is 10.0 Å². The van der Waals surface area contributed by atoms with Gasteiger partial charge >= 0.3 is 5.97 Å². The Bertz CT molecular complexity index is 811. The molecule has 1 N–H and O–H groups in total. The molecule has 1 saturated heterocycles. The van der Waals surface area contributed by atoms with E-state index < -0.39 is 5.97 Å².